The van der Waals surface area contributed by atoms with E-state index in [1.807, 2.05) is 53.9 Å². The summed E-state index contributed by atoms with van der Waals surface area (Å²) in [6.07, 6.45) is 3.18. The number of thiophene rings is 1. The van der Waals surface area contributed by atoms with Crippen LogP contribution in [0.3, 0.4) is 0 Å². The number of furan rings is 1. The van der Waals surface area contributed by atoms with E-state index in [9.17, 15) is 8.42 Å². The number of hydrogen-bond donors (Lipinski definition) is 1. The van der Waals surface area contributed by atoms with Gasteiger partial charge in [-0.15, -0.1) is 11.3 Å². The van der Waals surface area contributed by atoms with Gasteiger partial charge in [0.1, 0.15) is 5.76 Å². The summed E-state index contributed by atoms with van der Waals surface area (Å²) in [4.78, 5) is 1.06. The second-order valence-electron chi connectivity index (χ2n) is 5.19. The Kier molecular flexibility index (Phi) is 5.30. The van der Waals surface area contributed by atoms with Crippen LogP contribution in [0.2, 0.25) is 0 Å². The first-order valence-electron chi connectivity index (χ1n) is 7.44. The van der Waals surface area contributed by atoms with Crippen LogP contribution in [0.4, 0.5) is 0 Å². The third-order valence-electron chi connectivity index (χ3n) is 3.50. The largest absolute Gasteiger partial charge is 0.469 e. The lowest BCUT2D eigenvalue weighted by atomic mass is 10.1. The highest BCUT2D eigenvalue weighted by Gasteiger charge is 2.20. The van der Waals surface area contributed by atoms with E-state index in [-0.39, 0.29) is 12.5 Å². The summed E-state index contributed by atoms with van der Waals surface area (Å²) in [6, 6.07) is 16.9. The maximum absolute atomic E-state index is 12.2. The highest BCUT2D eigenvalue weighted by molar-refractivity contribution is 7.92. The molecule has 0 bridgehead atoms. The van der Waals surface area contributed by atoms with Crippen LogP contribution in [0.25, 0.3) is 6.08 Å². The van der Waals surface area contributed by atoms with Gasteiger partial charge in [-0.3, -0.25) is 0 Å². The molecule has 0 radical (unpaired) electrons. The predicted molar refractivity (Wildman–Crippen MR) is 97.3 cm³/mol. The monoisotopic (exact) mass is 359 g/mol. The van der Waals surface area contributed by atoms with Gasteiger partial charge in [0.05, 0.1) is 12.2 Å². The van der Waals surface area contributed by atoms with Crippen LogP contribution < -0.4 is 4.72 Å². The summed E-state index contributed by atoms with van der Waals surface area (Å²) in [5.74, 6) is 0.604. The topological polar surface area (TPSA) is 59.3 Å². The summed E-state index contributed by atoms with van der Waals surface area (Å²) in [5, 5.41) is 3.16. The van der Waals surface area contributed by atoms with Crippen molar-refractivity contribution in [2.24, 2.45) is 0 Å². The Balaban J connectivity index is 1.71. The van der Waals surface area contributed by atoms with Crippen LogP contribution in [0.1, 0.15) is 22.1 Å². The average molecular weight is 359 g/mol. The normalized spacial score (nSPS) is 13.3. The molecule has 0 aliphatic rings. The fourth-order valence-corrected chi connectivity index (χ4v) is 3.97. The van der Waals surface area contributed by atoms with Gasteiger partial charge >= 0.3 is 0 Å². The second kappa shape index (κ2) is 7.61. The molecule has 0 saturated carbocycles. The Morgan fingerprint density at radius 3 is 2.58 bits per heavy atom. The van der Waals surface area contributed by atoms with Crippen LogP contribution in [0.5, 0.6) is 0 Å². The quantitative estimate of drug-likeness (QED) is 0.692. The molecular formula is C18H17NO3S2. The molecule has 6 heteroatoms. The molecule has 2 heterocycles. The lowest BCUT2D eigenvalue weighted by molar-refractivity contribution is 0.484. The van der Waals surface area contributed by atoms with Crippen LogP contribution in [0, 0.1) is 0 Å². The van der Waals surface area contributed by atoms with Crippen LogP contribution in [0.15, 0.2) is 76.1 Å². The molecule has 3 rings (SSSR count). The summed E-state index contributed by atoms with van der Waals surface area (Å²) in [7, 11) is -3.52. The summed E-state index contributed by atoms with van der Waals surface area (Å²) in [5.41, 5.74) is 0.837. The SMILES string of the molecule is O=S(=O)(C=Cc1ccccc1)NCC(c1ccco1)c1cccs1. The van der Waals surface area contributed by atoms with Crippen LogP contribution >= 0.6 is 11.3 Å². The van der Waals surface area contributed by atoms with Gasteiger partial charge in [0, 0.05) is 16.8 Å². The summed E-state index contributed by atoms with van der Waals surface area (Å²) >= 11 is 1.58. The zero-order valence-corrected chi connectivity index (χ0v) is 14.5. The molecule has 2 aromatic heterocycles. The number of sulfonamides is 1. The smallest absolute Gasteiger partial charge is 0.233 e. The van der Waals surface area contributed by atoms with Crippen molar-refractivity contribution in [3.63, 3.8) is 0 Å². The second-order valence-corrected chi connectivity index (χ2v) is 7.82. The fourth-order valence-electron chi connectivity index (χ4n) is 2.30. The van der Waals surface area contributed by atoms with Gasteiger partial charge < -0.3 is 4.42 Å². The van der Waals surface area contributed by atoms with Crippen LogP contribution in [-0.4, -0.2) is 15.0 Å². The van der Waals surface area contributed by atoms with Gasteiger partial charge in [-0.05, 0) is 35.2 Å². The standard InChI is InChI=1S/C18H17NO3S2/c20-24(21,13-10-15-6-2-1-3-7-15)19-14-16(17-8-4-11-22-17)18-9-5-12-23-18/h1-13,16,19H,14H2. The highest BCUT2D eigenvalue weighted by Crippen LogP contribution is 2.28. The molecule has 1 aromatic carbocycles. The maximum Gasteiger partial charge on any atom is 0.233 e. The fraction of sp³-hybridized carbons (Fsp3) is 0.111. The highest BCUT2D eigenvalue weighted by atomic mass is 32.2. The average Bonchev–Trinajstić information content (AvgIpc) is 3.28. The van der Waals surface area contributed by atoms with Crippen molar-refractivity contribution < 1.29 is 12.8 Å². The summed E-state index contributed by atoms with van der Waals surface area (Å²) < 4.78 is 32.6. The van der Waals surface area contributed by atoms with E-state index in [4.69, 9.17) is 4.42 Å². The zero-order valence-electron chi connectivity index (χ0n) is 12.8. The van der Waals surface area contributed by atoms with Crippen molar-refractivity contribution in [1.82, 2.24) is 4.72 Å². The molecule has 124 valence electrons. The molecule has 0 spiro atoms. The Labute approximate surface area is 145 Å². The molecule has 1 unspecified atom stereocenters. The number of rotatable bonds is 7. The lowest BCUT2D eigenvalue weighted by Crippen LogP contribution is -2.26. The molecule has 0 saturated heterocycles. The molecule has 0 aliphatic heterocycles. The van der Waals surface area contributed by atoms with Gasteiger partial charge in [-0.1, -0.05) is 36.4 Å². The molecule has 1 atom stereocenters. The number of hydrogen-bond acceptors (Lipinski definition) is 4. The van der Waals surface area contributed by atoms with E-state index in [1.165, 1.54) is 5.41 Å². The third kappa shape index (κ3) is 4.44. The Morgan fingerprint density at radius 2 is 1.92 bits per heavy atom. The zero-order chi connectivity index (χ0) is 16.8. The first kappa shape index (κ1) is 16.7. The minimum atomic E-state index is -3.52. The van der Waals surface area contributed by atoms with E-state index in [0.717, 1.165) is 16.2 Å². The van der Waals surface area contributed by atoms with Gasteiger partial charge in [0.25, 0.3) is 0 Å². The predicted octanol–water partition coefficient (Wildman–Crippen LogP) is 4.06. The van der Waals surface area contributed by atoms with Crippen molar-refractivity contribution >= 4 is 27.4 Å². The number of benzene rings is 1. The van der Waals surface area contributed by atoms with Gasteiger partial charge in [0.15, 0.2) is 0 Å². The minimum Gasteiger partial charge on any atom is -0.469 e. The van der Waals surface area contributed by atoms with E-state index >= 15 is 0 Å². The summed E-state index contributed by atoms with van der Waals surface area (Å²) in [6.45, 7) is 0.246. The molecule has 0 aliphatic carbocycles. The van der Waals surface area contributed by atoms with E-state index in [2.05, 4.69) is 4.72 Å². The first-order valence-corrected chi connectivity index (χ1v) is 9.86. The van der Waals surface area contributed by atoms with Crippen molar-refractivity contribution in [1.29, 1.82) is 0 Å². The van der Waals surface area contributed by atoms with Gasteiger partial charge in [0.2, 0.25) is 10.0 Å². The van der Waals surface area contributed by atoms with Crippen LogP contribution in [-0.2, 0) is 10.0 Å². The van der Waals surface area contributed by atoms with Gasteiger partial charge in [-0.2, -0.15) is 0 Å². The maximum atomic E-state index is 12.2. The molecule has 24 heavy (non-hydrogen) atoms. The Morgan fingerprint density at radius 1 is 1.08 bits per heavy atom. The molecule has 4 nitrogen and oxygen atoms in total. The minimum absolute atomic E-state index is 0.139. The van der Waals surface area contributed by atoms with Crippen molar-refractivity contribution in [3.05, 3.63) is 87.8 Å². The Bertz CT molecular complexity index is 834. The molecule has 3 aromatic rings. The molecule has 0 fully saturated rings. The van der Waals surface area contributed by atoms with Crippen molar-refractivity contribution in [3.8, 4) is 0 Å². The van der Waals surface area contributed by atoms with Crippen molar-refractivity contribution in [2.75, 3.05) is 6.54 Å². The van der Waals surface area contributed by atoms with E-state index in [0.29, 0.717) is 0 Å². The number of nitrogens with one attached hydrogen (secondary N) is 1. The lowest BCUT2D eigenvalue weighted by Gasteiger charge is -2.13. The van der Waals surface area contributed by atoms with Gasteiger partial charge in [-0.25, -0.2) is 13.1 Å². The first-order chi connectivity index (χ1) is 11.6. The molecule has 1 N–H and O–H groups in total. The van der Waals surface area contributed by atoms with E-state index < -0.39 is 10.0 Å². The van der Waals surface area contributed by atoms with E-state index in [1.54, 1.807) is 29.7 Å². The molecular weight excluding hydrogens is 342 g/mol. The third-order valence-corrected chi connectivity index (χ3v) is 5.55. The van der Waals surface area contributed by atoms with Crippen molar-refractivity contribution in [2.45, 2.75) is 5.92 Å². The molecule has 0 amide bonds. The Hall–Kier alpha value is -2.15.